The molecule has 39 heavy (non-hydrogen) atoms. The van der Waals surface area contributed by atoms with Crippen LogP contribution in [0.2, 0.25) is 0 Å². The summed E-state index contributed by atoms with van der Waals surface area (Å²) in [5.41, 5.74) is 3.64. The van der Waals surface area contributed by atoms with E-state index in [4.69, 9.17) is 9.72 Å². The molecule has 1 aromatic heterocycles. The highest BCUT2D eigenvalue weighted by molar-refractivity contribution is 7.09. The molecule has 4 rings (SSSR count). The Balaban J connectivity index is 1.33. The molecule has 1 unspecified atom stereocenters. The minimum atomic E-state index is 0.0595. The van der Waals surface area contributed by atoms with Crippen molar-refractivity contribution < 1.29 is 9.53 Å². The molecule has 0 fully saturated rings. The second kappa shape index (κ2) is 14.4. The highest BCUT2D eigenvalue weighted by Crippen LogP contribution is 2.27. The van der Waals surface area contributed by atoms with E-state index in [9.17, 15) is 4.79 Å². The molecule has 0 bridgehead atoms. The molecule has 0 saturated heterocycles. The van der Waals surface area contributed by atoms with Crippen molar-refractivity contribution >= 4 is 22.6 Å². The van der Waals surface area contributed by atoms with Crippen molar-refractivity contribution in [1.29, 1.82) is 0 Å². The zero-order valence-corrected chi connectivity index (χ0v) is 23.9. The molecule has 6 nitrogen and oxygen atoms in total. The summed E-state index contributed by atoms with van der Waals surface area (Å²) < 4.78 is 9.94. The Kier molecular flexibility index (Phi) is 10.5. The van der Waals surface area contributed by atoms with Crippen LogP contribution in [0.15, 0.2) is 84.9 Å². The van der Waals surface area contributed by atoms with Crippen LogP contribution in [-0.4, -0.2) is 41.5 Å². The minimum Gasteiger partial charge on any atom is -0.497 e. The first-order chi connectivity index (χ1) is 19.1. The standard InChI is InChI=1S/C32H38N4O2S/c1-4-24(2)36(32-34-30(35-39-32)23-25-12-11-17-28(22-25)38-3)21-19-31(37)33-20-18-29(26-13-7-5-8-14-26)27-15-9-6-10-16-27/h5-17,22,24,29H,4,18-21,23H2,1-3H3,(H,33,37). The molecule has 4 aromatic rings. The fourth-order valence-electron chi connectivity index (χ4n) is 4.69. The molecular formula is C32H38N4O2S. The first kappa shape index (κ1) is 28.3. The number of amides is 1. The minimum absolute atomic E-state index is 0.0595. The van der Waals surface area contributed by atoms with Crippen LogP contribution in [0.5, 0.6) is 5.75 Å². The van der Waals surface area contributed by atoms with Crippen molar-refractivity contribution in [3.05, 3.63) is 107 Å². The molecule has 0 spiro atoms. The third-order valence-electron chi connectivity index (χ3n) is 7.06. The summed E-state index contributed by atoms with van der Waals surface area (Å²) in [5, 5.41) is 4.02. The summed E-state index contributed by atoms with van der Waals surface area (Å²) in [5.74, 6) is 1.92. The number of carbonyl (C=O) groups is 1. The molecule has 1 atom stereocenters. The van der Waals surface area contributed by atoms with Crippen LogP contribution in [-0.2, 0) is 11.2 Å². The molecule has 0 aliphatic heterocycles. The smallest absolute Gasteiger partial charge is 0.221 e. The summed E-state index contributed by atoms with van der Waals surface area (Å²) >= 11 is 1.40. The number of rotatable bonds is 14. The van der Waals surface area contributed by atoms with Gasteiger partial charge < -0.3 is 15.0 Å². The highest BCUT2D eigenvalue weighted by atomic mass is 32.1. The quantitative estimate of drug-likeness (QED) is 0.198. The number of hydrogen-bond donors (Lipinski definition) is 1. The van der Waals surface area contributed by atoms with E-state index in [1.54, 1.807) is 7.11 Å². The monoisotopic (exact) mass is 542 g/mol. The zero-order chi connectivity index (χ0) is 27.5. The van der Waals surface area contributed by atoms with E-state index in [-0.39, 0.29) is 17.9 Å². The Bertz CT molecular complexity index is 1260. The maximum Gasteiger partial charge on any atom is 0.221 e. The van der Waals surface area contributed by atoms with E-state index in [1.807, 2.05) is 30.3 Å². The maximum atomic E-state index is 12.9. The summed E-state index contributed by atoms with van der Waals surface area (Å²) in [6.45, 7) is 5.56. The van der Waals surface area contributed by atoms with Crippen LogP contribution in [0, 0.1) is 0 Å². The number of hydrogen-bond acceptors (Lipinski definition) is 6. The Hall–Kier alpha value is -3.71. The third kappa shape index (κ3) is 8.14. The third-order valence-corrected chi connectivity index (χ3v) is 7.85. The van der Waals surface area contributed by atoms with E-state index in [1.165, 1.54) is 22.7 Å². The Labute approximate surface area is 236 Å². The fourth-order valence-corrected chi connectivity index (χ4v) is 5.50. The molecule has 1 heterocycles. The summed E-state index contributed by atoms with van der Waals surface area (Å²) in [6.07, 6.45) is 2.87. The second-order valence-electron chi connectivity index (χ2n) is 9.73. The lowest BCUT2D eigenvalue weighted by molar-refractivity contribution is -0.120. The summed E-state index contributed by atoms with van der Waals surface area (Å²) in [6, 6.07) is 29.2. The summed E-state index contributed by atoms with van der Waals surface area (Å²) in [4.78, 5) is 19.9. The van der Waals surface area contributed by atoms with Gasteiger partial charge in [0.2, 0.25) is 11.0 Å². The van der Waals surface area contributed by atoms with Gasteiger partial charge >= 0.3 is 0 Å². The van der Waals surface area contributed by atoms with Gasteiger partial charge in [-0.3, -0.25) is 4.79 Å². The second-order valence-corrected chi connectivity index (χ2v) is 10.5. The van der Waals surface area contributed by atoms with Crippen molar-refractivity contribution in [2.75, 3.05) is 25.1 Å². The molecule has 3 aromatic carbocycles. The molecule has 1 N–H and O–H groups in total. The van der Waals surface area contributed by atoms with E-state index in [0.29, 0.717) is 25.9 Å². The normalized spacial score (nSPS) is 11.8. The Morgan fingerprint density at radius 3 is 2.33 bits per heavy atom. The number of benzene rings is 3. The predicted octanol–water partition coefficient (Wildman–Crippen LogP) is 6.47. The lowest BCUT2D eigenvalue weighted by Crippen LogP contribution is -2.36. The van der Waals surface area contributed by atoms with Gasteiger partial charge in [-0.25, -0.2) is 4.98 Å². The van der Waals surface area contributed by atoms with Crippen LogP contribution in [0.1, 0.15) is 61.5 Å². The van der Waals surface area contributed by atoms with Crippen molar-refractivity contribution in [3.8, 4) is 5.75 Å². The van der Waals surface area contributed by atoms with Gasteiger partial charge in [0.25, 0.3) is 0 Å². The predicted molar refractivity (Wildman–Crippen MR) is 160 cm³/mol. The van der Waals surface area contributed by atoms with Gasteiger partial charge in [0, 0.05) is 49.4 Å². The van der Waals surface area contributed by atoms with E-state index >= 15 is 0 Å². The molecule has 1 amide bonds. The summed E-state index contributed by atoms with van der Waals surface area (Å²) in [7, 11) is 1.67. The lowest BCUT2D eigenvalue weighted by Gasteiger charge is -2.27. The van der Waals surface area contributed by atoms with Gasteiger partial charge in [-0.05, 0) is 48.6 Å². The number of methoxy groups -OCH3 is 1. The molecule has 0 radical (unpaired) electrons. The van der Waals surface area contributed by atoms with Crippen molar-refractivity contribution in [2.24, 2.45) is 0 Å². The van der Waals surface area contributed by atoms with Crippen molar-refractivity contribution in [1.82, 2.24) is 14.7 Å². The number of nitrogens with zero attached hydrogens (tertiary/aromatic N) is 3. The molecular weight excluding hydrogens is 504 g/mol. The van der Waals surface area contributed by atoms with Crippen molar-refractivity contribution in [3.63, 3.8) is 0 Å². The van der Waals surface area contributed by atoms with E-state index in [2.05, 4.69) is 83.0 Å². The Morgan fingerprint density at radius 1 is 1.00 bits per heavy atom. The van der Waals surface area contributed by atoms with Gasteiger partial charge in [0.1, 0.15) is 11.6 Å². The SMILES string of the molecule is CCC(C)N(CCC(=O)NCCC(c1ccccc1)c1ccccc1)c1nc(Cc2cccc(OC)c2)ns1. The van der Waals surface area contributed by atoms with Gasteiger partial charge in [-0.1, -0.05) is 79.7 Å². The van der Waals surface area contributed by atoms with Gasteiger partial charge in [0.05, 0.1) is 7.11 Å². The first-order valence-corrected chi connectivity index (χ1v) is 14.4. The average Bonchev–Trinajstić information content (AvgIpc) is 3.44. The number of aromatic nitrogens is 2. The molecule has 0 aliphatic carbocycles. The number of ether oxygens (including phenoxy) is 1. The van der Waals surface area contributed by atoms with E-state index < -0.39 is 0 Å². The first-order valence-electron chi connectivity index (χ1n) is 13.7. The molecule has 204 valence electrons. The topological polar surface area (TPSA) is 67.4 Å². The maximum absolute atomic E-state index is 12.9. The molecule has 0 saturated carbocycles. The number of nitrogens with one attached hydrogen (secondary N) is 1. The lowest BCUT2D eigenvalue weighted by atomic mass is 9.88. The zero-order valence-electron chi connectivity index (χ0n) is 23.0. The van der Waals surface area contributed by atoms with Gasteiger partial charge in [-0.15, -0.1) is 0 Å². The highest BCUT2D eigenvalue weighted by Gasteiger charge is 2.20. The van der Waals surface area contributed by atoms with Crippen LogP contribution >= 0.6 is 11.5 Å². The van der Waals surface area contributed by atoms with Gasteiger partial charge in [-0.2, -0.15) is 4.37 Å². The van der Waals surface area contributed by atoms with Crippen LogP contribution in [0.4, 0.5) is 5.13 Å². The van der Waals surface area contributed by atoms with Crippen molar-refractivity contribution in [2.45, 2.75) is 51.5 Å². The van der Waals surface area contributed by atoms with Crippen LogP contribution in [0.3, 0.4) is 0 Å². The van der Waals surface area contributed by atoms with Gasteiger partial charge in [0.15, 0.2) is 0 Å². The largest absolute Gasteiger partial charge is 0.497 e. The number of carbonyl (C=O) groups excluding carboxylic acids is 1. The molecule has 0 aliphatic rings. The fraction of sp³-hybridized carbons (Fsp3) is 0.344. The van der Waals surface area contributed by atoms with Crippen LogP contribution < -0.4 is 15.0 Å². The Morgan fingerprint density at radius 2 is 1.69 bits per heavy atom. The van der Waals surface area contributed by atoms with Crippen LogP contribution in [0.25, 0.3) is 0 Å². The van der Waals surface area contributed by atoms with E-state index in [0.717, 1.165) is 35.1 Å². The molecule has 7 heteroatoms. The number of anilines is 1. The average molecular weight is 543 g/mol.